The van der Waals surface area contributed by atoms with Crippen LogP contribution in [0.3, 0.4) is 0 Å². The molecule has 10 unspecified atom stereocenters. The van der Waals surface area contributed by atoms with Gasteiger partial charge in [0.2, 0.25) is 11.8 Å². The molecule has 0 aliphatic carbocycles. The first-order valence-electron chi connectivity index (χ1n) is 28.7. The first-order chi connectivity index (χ1) is 36.2. The first kappa shape index (κ1) is 70.4. The van der Waals surface area contributed by atoms with Gasteiger partial charge in [-0.3, -0.25) is 23.4 Å². The summed E-state index contributed by atoms with van der Waals surface area (Å²) < 4.78 is 56.9. The van der Waals surface area contributed by atoms with Crippen molar-refractivity contribution in [2.24, 2.45) is 0 Å². The molecular weight excluding hydrogens is 1030 g/mol. The predicted octanol–water partition coefficient (Wildman–Crippen LogP) is 6.90. The molecule has 2 amide bonds. The molecule has 76 heavy (non-hydrogen) atoms. The van der Waals surface area contributed by atoms with Gasteiger partial charge in [0, 0.05) is 6.42 Å². The number of phosphoric acid groups is 2. The largest absolute Gasteiger partial charge is 0.472 e. The van der Waals surface area contributed by atoms with Gasteiger partial charge in [0.1, 0.15) is 54.8 Å². The second kappa shape index (κ2) is 40.5. The van der Waals surface area contributed by atoms with E-state index in [0.717, 1.165) is 89.9 Å². The van der Waals surface area contributed by atoms with Crippen LogP contribution in [-0.4, -0.2) is 150 Å². The number of esters is 1. The van der Waals surface area contributed by atoms with E-state index in [2.05, 4.69) is 31.4 Å². The van der Waals surface area contributed by atoms with Crippen molar-refractivity contribution >= 4 is 33.4 Å². The zero-order chi connectivity index (χ0) is 56.4. The number of hydrogen-bond acceptors (Lipinski definition) is 16. The Labute approximate surface area is 452 Å². The van der Waals surface area contributed by atoms with E-state index in [4.69, 9.17) is 28.0 Å². The highest BCUT2D eigenvalue weighted by molar-refractivity contribution is 7.46. The topological polar surface area (TPSA) is 347 Å². The molecule has 0 saturated carbocycles. The minimum atomic E-state index is -5.42. The Morgan fingerprint density at radius 3 is 1.42 bits per heavy atom. The molecule has 24 heteroatoms. The predicted molar refractivity (Wildman–Crippen MR) is 283 cm³/mol. The summed E-state index contributed by atoms with van der Waals surface area (Å²) in [7, 11) is -10.8. The van der Waals surface area contributed by atoms with Gasteiger partial charge < -0.3 is 74.7 Å². The third-order valence-corrected chi connectivity index (χ3v) is 15.0. The van der Waals surface area contributed by atoms with Gasteiger partial charge in [-0.25, -0.2) is 9.13 Å². The summed E-state index contributed by atoms with van der Waals surface area (Å²) in [5.41, 5.74) is 0. The van der Waals surface area contributed by atoms with E-state index in [9.17, 15) is 68.6 Å². The highest BCUT2D eigenvalue weighted by atomic mass is 31.2. The molecule has 2 heterocycles. The molecule has 12 atom stereocenters. The number of hydrogen-bond donors (Lipinski definition) is 11. The van der Waals surface area contributed by atoms with Crippen molar-refractivity contribution < 1.29 is 96.6 Å². The van der Waals surface area contributed by atoms with Crippen LogP contribution in [0.4, 0.5) is 0 Å². The fourth-order valence-electron chi connectivity index (χ4n) is 9.70. The number of nitrogens with one attached hydrogen (secondary N) is 2. The van der Waals surface area contributed by atoms with Gasteiger partial charge in [-0.05, 0) is 25.7 Å². The lowest BCUT2D eigenvalue weighted by Gasteiger charge is -2.45. The molecule has 0 bridgehead atoms. The molecule has 0 aromatic rings. The normalized spacial score (nSPS) is 25.0. The van der Waals surface area contributed by atoms with Crippen LogP contribution in [0, 0.1) is 0 Å². The van der Waals surface area contributed by atoms with Crippen molar-refractivity contribution in [1.29, 1.82) is 0 Å². The summed E-state index contributed by atoms with van der Waals surface area (Å²) in [5, 5.41) is 59.7. The number of carbonyl (C=O) groups excluding carboxylic acids is 3. The smallest absolute Gasteiger partial charge is 0.462 e. The van der Waals surface area contributed by atoms with E-state index in [-0.39, 0.29) is 6.42 Å². The van der Waals surface area contributed by atoms with Crippen LogP contribution in [0.5, 0.6) is 0 Å². The number of unbranched alkanes of at least 4 members (excludes halogenated alkanes) is 24. The Morgan fingerprint density at radius 1 is 0.526 bits per heavy atom. The highest BCUT2D eigenvalue weighted by Crippen LogP contribution is 2.43. The van der Waals surface area contributed by atoms with Gasteiger partial charge >= 0.3 is 21.6 Å². The van der Waals surface area contributed by atoms with Crippen molar-refractivity contribution in [2.75, 3.05) is 13.2 Å². The van der Waals surface area contributed by atoms with Gasteiger partial charge in [0.25, 0.3) is 0 Å². The van der Waals surface area contributed by atoms with Crippen LogP contribution < -0.4 is 10.6 Å². The molecule has 0 spiro atoms. The molecule has 22 nitrogen and oxygen atoms in total. The molecule has 2 saturated heterocycles. The Hall–Kier alpha value is -1.69. The number of phosphoric ester groups is 2. The lowest BCUT2D eigenvalue weighted by molar-refractivity contribution is -0.294. The lowest BCUT2D eigenvalue weighted by atomic mass is 9.95. The van der Waals surface area contributed by atoms with E-state index in [1.54, 1.807) is 0 Å². The van der Waals surface area contributed by atoms with Gasteiger partial charge in [-0.15, -0.1) is 0 Å². The van der Waals surface area contributed by atoms with E-state index in [1.165, 1.54) is 64.2 Å². The summed E-state index contributed by atoms with van der Waals surface area (Å²) >= 11 is 0. The molecule has 2 aliphatic heterocycles. The molecule has 2 rings (SSSR count). The van der Waals surface area contributed by atoms with Crippen molar-refractivity contribution in [3.05, 3.63) is 0 Å². The molecule has 2 aliphatic rings. The Balaban J connectivity index is 2.20. The van der Waals surface area contributed by atoms with Crippen molar-refractivity contribution in [2.45, 2.75) is 300 Å². The Bertz CT molecular complexity index is 1640. The van der Waals surface area contributed by atoms with Crippen molar-refractivity contribution in [3.8, 4) is 0 Å². The van der Waals surface area contributed by atoms with E-state index in [0.29, 0.717) is 32.1 Å². The van der Waals surface area contributed by atoms with Gasteiger partial charge in [0.15, 0.2) is 12.6 Å². The average molecular weight is 1140 g/mol. The minimum Gasteiger partial charge on any atom is -0.462 e. The summed E-state index contributed by atoms with van der Waals surface area (Å²) in [5.74, 6) is -2.11. The molecule has 0 aromatic carbocycles. The number of aliphatic hydroxyl groups excluding tert-OH is 5. The van der Waals surface area contributed by atoms with Crippen molar-refractivity contribution in [3.63, 3.8) is 0 Å². The quantitative estimate of drug-likeness (QED) is 0.0168. The standard InChI is InChI=1S/C52H100N2O20P2/c1-4-7-10-13-16-19-22-25-28-31-38(56)34-42(57)53-45-48(61)47(60)41(72-52(45)74-76(66,67)68)37-69-51-46(49(62)50(40(36-55)71-51)73-75(63,64)65)54-43(58)35-39(32-29-26-23-20-17-14-11-8-5-2)70-44(59)33-30-27-24-21-18-15-12-9-6-3/h38-41,45-52,55-56,60-62H,4-37H2,1-3H3,(H,53,57)(H,54,58)(H2,63,64,65)(H2,66,67,68)/t38-,39-,40?,41?,45?,46?,47?,48?,49?,50?,51?,52?/m1/s1. The second-order valence-corrected chi connectivity index (χ2v) is 23.3. The van der Waals surface area contributed by atoms with Crippen LogP contribution in [0.2, 0.25) is 0 Å². The van der Waals surface area contributed by atoms with Crippen LogP contribution in [0.25, 0.3) is 0 Å². The van der Waals surface area contributed by atoms with Gasteiger partial charge in [-0.2, -0.15) is 0 Å². The van der Waals surface area contributed by atoms with Crippen LogP contribution in [0.1, 0.15) is 226 Å². The second-order valence-electron chi connectivity index (χ2n) is 20.9. The van der Waals surface area contributed by atoms with Crippen molar-refractivity contribution in [1.82, 2.24) is 10.6 Å². The SMILES string of the molecule is CCCCCCCCCCCC(=O)O[C@H](CCCCCCCCCCC)CC(=O)NC1C(OCC2OC(OP(=O)(O)O)C(NC(=O)C[C@H](O)CCCCCCCCCCC)C(O)C2O)OC(CO)C(OP(=O)(O)O)C1O. The lowest BCUT2D eigenvalue weighted by Crippen LogP contribution is -2.67. The zero-order valence-electron chi connectivity index (χ0n) is 45.9. The number of ether oxygens (including phenoxy) is 4. The third kappa shape index (κ3) is 31.3. The third-order valence-electron chi connectivity index (χ3n) is 14.0. The van der Waals surface area contributed by atoms with E-state index < -0.39 is 133 Å². The summed E-state index contributed by atoms with van der Waals surface area (Å²) in [4.78, 5) is 79.0. The maximum absolute atomic E-state index is 13.9. The highest BCUT2D eigenvalue weighted by Gasteiger charge is 2.52. The average Bonchev–Trinajstić information content (AvgIpc) is 3.35. The van der Waals surface area contributed by atoms with Crippen LogP contribution in [-0.2, 0) is 51.5 Å². The summed E-state index contributed by atoms with van der Waals surface area (Å²) in [6, 6.07) is -3.52. The monoisotopic (exact) mass is 1130 g/mol. The molecular formula is C52H100N2O20P2. The van der Waals surface area contributed by atoms with E-state index in [1.807, 2.05) is 0 Å². The number of rotatable bonds is 45. The molecule has 448 valence electrons. The molecule has 0 aromatic heterocycles. The Morgan fingerprint density at radius 2 is 0.947 bits per heavy atom. The zero-order valence-corrected chi connectivity index (χ0v) is 47.7. The Kier molecular flexibility index (Phi) is 37.5. The van der Waals surface area contributed by atoms with E-state index >= 15 is 0 Å². The maximum atomic E-state index is 13.9. The van der Waals surface area contributed by atoms with Gasteiger partial charge in [-0.1, -0.05) is 181 Å². The number of carbonyl (C=O) groups is 3. The van der Waals surface area contributed by atoms with Crippen LogP contribution >= 0.6 is 15.6 Å². The minimum absolute atomic E-state index is 0.153. The summed E-state index contributed by atoms with van der Waals surface area (Å²) in [6.45, 7) is 4.65. The van der Waals surface area contributed by atoms with Gasteiger partial charge in [0.05, 0.1) is 32.2 Å². The number of amides is 2. The molecule has 2 fully saturated rings. The fraction of sp³-hybridized carbons (Fsp3) is 0.942. The maximum Gasteiger partial charge on any atom is 0.472 e. The first-order valence-corrected chi connectivity index (χ1v) is 31.8. The summed E-state index contributed by atoms with van der Waals surface area (Å²) in [6.07, 6.45) is 10.8. The number of aliphatic hydroxyl groups is 5. The molecule has 11 N–H and O–H groups in total. The molecule has 0 radical (unpaired) electrons. The van der Waals surface area contributed by atoms with Crippen LogP contribution in [0.15, 0.2) is 0 Å². The fourth-order valence-corrected chi connectivity index (χ4v) is 10.7.